The molecule has 0 fully saturated rings. The lowest BCUT2D eigenvalue weighted by atomic mass is 10.3. The minimum absolute atomic E-state index is 0.0896. The average Bonchev–Trinajstić information content (AvgIpc) is 2.26. The summed E-state index contributed by atoms with van der Waals surface area (Å²) in [5.74, 6) is 0. The van der Waals surface area contributed by atoms with Crippen LogP contribution in [0.2, 0.25) is 0 Å². The first-order chi connectivity index (χ1) is 8.84. The number of primary sulfonamides is 1. The molecule has 2 rings (SSSR count). The quantitative estimate of drug-likeness (QED) is 0.546. The normalized spacial score (nSPS) is 11.4. The predicted octanol–water partition coefficient (Wildman–Crippen LogP) is 0.151. The summed E-state index contributed by atoms with van der Waals surface area (Å²) in [4.78, 5) is 18.0. The Balaban J connectivity index is 2.41. The minimum atomic E-state index is -3.83. The Bertz CT molecular complexity index is 770. The largest absolute Gasteiger partial charge is 0.399 e. The molecule has 5 N–H and O–H groups in total. The van der Waals surface area contributed by atoms with E-state index in [4.69, 9.17) is 10.9 Å². The summed E-state index contributed by atoms with van der Waals surface area (Å²) < 4.78 is 22.6. The van der Waals surface area contributed by atoms with Gasteiger partial charge in [-0.3, -0.25) is 4.79 Å². The van der Waals surface area contributed by atoms with Gasteiger partial charge in [-0.2, -0.15) is 0 Å². The van der Waals surface area contributed by atoms with E-state index in [1.165, 1.54) is 24.4 Å². The van der Waals surface area contributed by atoms with Gasteiger partial charge in [0.2, 0.25) is 10.0 Å². The van der Waals surface area contributed by atoms with Gasteiger partial charge in [-0.15, -0.1) is 0 Å². The number of nitrogens with two attached hydrogens (primary N) is 2. The molecular formula is C10H10N4O3S2. The number of sulfonamides is 1. The molecule has 0 bridgehead atoms. The highest BCUT2D eigenvalue weighted by molar-refractivity contribution is 7.99. The van der Waals surface area contributed by atoms with Crippen LogP contribution in [0.15, 0.2) is 50.2 Å². The second-order valence-electron chi connectivity index (χ2n) is 3.62. The molecule has 19 heavy (non-hydrogen) atoms. The Kier molecular flexibility index (Phi) is 3.60. The van der Waals surface area contributed by atoms with Gasteiger partial charge in [-0.25, -0.2) is 18.5 Å². The molecule has 1 aromatic carbocycles. The Morgan fingerprint density at radius 2 is 2.00 bits per heavy atom. The van der Waals surface area contributed by atoms with E-state index in [0.29, 0.717) is 10.1 Å². The Morgan fingerprint density at radius 3 is 2.63 bits per heavy atom. The van der Waals surface area contributed by atoms with Crippen LogP contribution in [-0.2, 0) is 10.0 Å². The molecule has 0 aliphatic heterocycles. The summed E-state index contributed by atoms with van der Waals surface area (Å²) in [5.41, 5.74) is 5.57. The van der Waals surface area contributed by atoms with Crippen molar-refractivity contribution in [2.45, 2.75) is 14.9 Å². The van der Waals surface area contributed by atoms with Gasteiger partial charge < -0.3 is 10.7 Å². The molecule has 0 atom stereocenters. The van der Waals surface area contributed by atoms with Crippen molar-refractivity contribution < 1.29 is 8.42 Å². The number of benzene rings is 1. The van der Waals surface area contributed by atoms with Gasteiger partial charge in [0, 0.05) is 22.8 Å². The summed E-state index contributed by atoms with van der Waals surface area (Å²) in [5, 5.41) is 5.38. The van der Waals surface area contributed by atoms with E-state index in [2.05, 4.69) is 9.97 Å². The molecule has 2 aromatic rings. The van der Waals surface area contributed by atoms with Crippen LogP contribution in [0.25, 0.3) is 0 Å². The van der Waals surface area contributed by atoms with E-state index in [1.54, 1.807) is 6.07 Å². The lowest BCUT2D eigenvalue weighted by Gasteiger charge is -2.05. The zero-order valence-electron chi connectivity index (χ0n) is 9.53. The zero-order chi connectivity index (χ0) is 14.0. The monoisotopic (exact) mass is 298 g/mol. The lowest BCUT2D eigenvalue weighted by molar-refractivity contribution is 0.597. The third kappa shape index (κ3) is 3.56. The summed E-state index contributed by atoms with van der Waals surface area (Å²) in [7, 11) is -3.83. The van der Waals surface area contributed by atoms with E-state index < -0.39 is 10.0 Å². The first-order valence-electron chi connectivity index (χ1n) is 5.01. The number of nitrogens with one attached hydrogen (secondary N) is 1. The van der Waals surface area contributed by atoms with E-state index in [0.717, 1.165) is 11.8 Å². The van der Waals surface area contributed by atoms with Crippen molar-refractivity contribution in [3.05, 3.63) is 40.8 Å². The summed E-state index contributed by atoms with van der Waals surface area (Å²) in [6, 6.07) is 5.47. The number of nitrogen functional groups attached to an aromatic ring is 1. The first-order valence-corrected chi connectivity index (χ1v) is 7.37. The molecule has 0 radical (unpaired) electrons. The van der Waals surface area contributed by atoms with Gasteiger partial charge in [-0.1, -0.05) is 11.8 Å². The van der Waals surface area contributed by atoms with Gasteiger partial charge in [0.05, 0.1) is 4.90 Å². The van der Waals surface area contributed by atoms with Gasteiger partial charge in [-0.05, 0) is 18.2 Å². The summed E-state index contributed by atoms with van der Waals surface area (Å²) in [6.45, 7) is 0. The Labute approximate surface area is 113 Å². The van der Waals surface area contributed by atoms with Crippen molar-refractivity contribution in [3.63, 3.8) is 0 Å². The number of rotatable bonds is 3. The molecule has 7 nitrogen and oxygen atoms in total. The number of nitrogens with zero attached hydrogens (tertiary/aromatic N) is 1. The van der Waals surface area contributed by atoms with E-state index in [9.17, 15) is 13.2 Å². The van der Waals surface area contributed by atoms with Crippen LogP contribution in [0.4, 0.5) is 5.69 Å². The second kappa shape index (κ2) is 5.03. The minimum Gasteiger partial charge on any atom is -0.399 e. The fourth-order valence-electron chi connectivity index (χ4n) is 1.33. The Hall–Kier alpha value is -1.84. The van der Waals surface area contributed by atoms with Crippen LogP contribution >= 0.6 is 11.8 Å². The molecule has 0 unspecified atom stereocenters. The van der Waals surface area contributed by atoms with E-state index in [1.807, 2.05) is 0 Å². The van der Waals surface area contributed by atoms with Crippen molar-refractivity contribution in [2.75, 3.05) is 5.73 Å². The molecule has 1 heterocycles. The van der Waals surface area contributed by atoms with Crippen LogP contribution < -0.4 is 16.4 Å². The molecule has 0 saturated heterocycles. The maximum Gasteiger partial charge on any atom is 0.251 e. The maximum absolute atomic E-state index is 11.3. The highest BCUT2D eigenvalue weighted by Crippen LogP contribution is 2.28. The number of H-pyrrole nitrogens is 1. The number of hydrogen-bond acceptors (Lipinski definition) is 6. The smallest absolute Gasteiger partial charge is 0.251 e. The zero-order valence-corrected chi connectivity index (χ0v) is 11.2. The third-order valence-electron chi connectivity index (χ3n) is 2.09. The number of anilines is 1. The number of aromatic amines is 1. The summed E-state index contributed by atoms with van der Waals surface area (Å²) >= 11 is 1.08. The van der Waals surface area contributed by atoms with Crippen molar-refractivity contribution in [1.82, 2.24) is 9.97 Å². The van der Waals surface area contributed by atoms with Crippen LogP contribution in [0.3, 0.4) is 0 Å². The van der Waals surface area contributed by atoms with Crippen LogP contribution in [-0.4, -0.2) is 18.4 Å². The van der Waals surface area contributed by atoms with Gasteiger partial charge in [0.15, 0.2) is 5.16 Å². The second-order valence-corrected chi connectivity index (χ2v) is 6.25. The standard InChI is InChI=1S/C10H10N4O3S2/c11-6-3-7(5-8(4-6)19(12,16)17)18-10-13-2-1-9(15)14-10/h1-5H,11H2,(H2,12,16,17)(H,13,14,15). The average molecular weight is 298 g/mol. The first kappa shape index (κ1) is 13.6. The van der Waals surface area contributed by atoms with Crippen LogP contribution in [0, 0.1) is 0 Å². The topological polar surface area (TPSA) is 132 Å². The molecule has 0 aliphatic carbocycles. The van der Waals surface area contributed by atoms with Gasteiger partial charge >= 0.3 is 0 Å². The molecule has 9 heteroatoms. The summed E-state index contributed by atoms with van der Waals surface area (Å²) in [6.07, 6.45) is 1.36. The van der Waals surface area contributed by atoms with E-state index in [-0.39, 0.29) is 16.1 Å². The van der Waals surface area contributed by atoms with Crippen molar-refractivity contribution in [2.24, 2.45) is 5.14 Å². The molecule has 0 amide bonds. The van der Waals surface area contributed by atoms with Crippen molar-refractivity contribution in [3.8, 4) is 0 Å². The Morgan fingerprint density at radius 1 is 1.26 bits per heavy atom. The fourth-order valence-corrected chi connectivity index (χ4v) is 2.87. The SMILES string of the molecule is Nc1cc(Sc2nccc(=O)[nH]2)cc(S(N)(=O)=O)c1. The van der Waals surface area contributed by atoms with Crippen molar-refractivity contribution in [1.29, 1.82) is 0 Å². The van der Waals surface area contributed by atoms with Crippen molar-refractivity contribution >= 4 is 27.5 Å². The highest BCUT2D eigenvalue weighted by atomic mass is 32.2. The predicted molar refractivity (Wildman–Crippen MR) is 71.2 cm³/mol. The third-order valence-corrected chi connectivity index (χ3v) is 3.86. The lowest BCUT2D eigenvalue weighted by Crippen LogP contribution is -2.12. The molecule has 0 aliphatic rings. The van der Waals surface area contributed by atoms with E-state index >= 15 is 0 Å². The number of hydrogen-bond donors (Lipinski definition) is 3. The molecule has 1 aromatic heterocycles. The highest BCUT2D eigenvalue weighted by Gasteiger charge is 2.11. The molecule has 0 spiro atoms. The number of aromatic nitrogens is 2. The van der Waals surface area contributed by atoms with Gasteiger partial charge in [0.1, 0.15) is 0 Å². The molecule has 100 valence electrons. The fraction of sp³-hybridized carbons (Fsp3) is 0. The molecular weight excluding hydrogens is 288 g/mol. The van der Waals surface area contributed by atoms with Crippen LogP contribution in [0.1, 0.15) is 0 Å². The van der Waals surface area contributed by atoms with Gasteiger partial charge in [0.25, 0.3) is 5.56 Å². The molecule has 0 saturated carbocycles. The van der Waals surface area contributed by atoms with Crippen LogP contribution in [0.5, 0.6) is 0 Å². The maximum atomic E-state index is 11.3.